The second-order valence-corrected chi connectivity index (χ2v) is 4.85. The van der Waals surface area contributed by atoms with Gasteiger partial charge in [0.15, 0.2) is 5.82 Å². The van der Waals surface area contributed by atoms with E-state index in [4.69, 9.17) is 11.6 Å². The Balaban J connectivity index is 2.37. The highest BCUT2D eigenvalue weighted by molar-refractivity contribution is 6.17. The van der Waals surface area contributed by atoms with Crippen LogP contribution in [0.15, 0.2) is 42.5 Å². The summed E-state index contributed by atoms with van der Waals surface area (Å²) in [7, 11) is 0. The first-order valence-corrected chi connectivity index (χ1v) is 7.09. The Bertz CT molecular complexity index is 764. The van der Waals surface area contributed by atoms with E-state index in [2.05, 4.69) is 18.0 Å². The first-order valence-electron chi connectivity index (χ1n) is 6.56. The Morgan fingerprint density at radius 2 is 1.95 bits per heavy atom. The van der Waals surface area contributed by atoms with E-state index in [1.54, 1.807) is 6.07 Å². The van der Waals surface area contributed by atoms with Gasteiger partial charge in [0.25, 0.3) is 0 Å². The molecule has 0 amide bonds. The molecule has 20 heavy (non-hydrogen) atoms. The van der Waals surface area contributed by atoms with Crippen LogP contribution in [0.3, 0.4) is 0 Å². The van der Waals surface area contributed by atoms with Crippen LogP contribution in [0.25, 0.3) is 16.7 Å². The average Bonchev–Trinajstić information content (AvgIpc) is 2.87. The molecule has 0 saturated carbocycles. The smallest absolute Gasteiger partial charge is 0.151 e. The number of aromatic nitrogens is 2. The fourth-order valence-corrected chi connectivity index (χ4v) is 2.68. The molecule has 0 bridgehead atoms. The molecule has 0 N–H and O–H groups in total. The number of benzene rings is 2. The molecule has 0 aliphatic rings. The summed E-state index contributed by atoms with van der Waals surface area (Å²) in [6, 6.07) is 13.0. The zero-order valence-corrected chi connectivity index (χ0v) is 11.9. The number of alkyl halides is 1. The van der Waals surface area contributed by atoms with Crippen molar-refractivity contribution in [1.29, 1.82) is 0 Å². The van der Waals surface area contributed by atoms with Crippen molar-refractivity contribution in [3.8, 4) is 5.69 Å². The van der Waals surface area contributed by atoms with Gasteiger partial charge < -0.3 is 0 Å². The van der Waals surface area contributed by atoms with Gasteiger partial charge in [0.2, 0.25) is 0 Å². The number of halogens is 2. The third kappa shape index (κ3) is 1.98. The van der Waals surface area contributed by atoms with E-state index in [0.717, 1.165) is 17.6 Å². The van der Waals surface area contributed by atoms with E-state index < -0.39 is 0 Å². The Morgan fingerprint density at radius 1 is 1.15 bits per heavy atom. The van der Waals surface area contributed by atoms with E-state index in [1.165, 1.54) is 11.6 Å². The Hall–Kier alpha value is -1.87. The summed E-state index contributed by atoms with van der Waals surface area (Å²) >= 11 is 6.00. The van der Waals surface area contributed by atoms with Gasteiger partial charge in [-0.3, -0.25) is 4.57 Å². The Kier molecular flexibility index (Phi) is 3.45. The van der Waals surface area contributed by atoms with Crippen molar-refractivity contribution in [2.45, 2.75) is 19.2 Å². The molecule has 0 spiro atoms. The molecule has 102 valence electrons. The minimum atomic E-state index is -0.318. The van der Waals surface area contributed by atoms with Crippen LogP contribution in [0.1, 0.15) is 18.3 Å². The van der Waals surface area contributed by atoms with Crippen LogP contribution in [0.4, 0.5) is 4.39 Å². The normalized spacial score (nSPS) is 11.2. The van der Waals surface area contributed by atoms with Gasteiger partial charge >= 0.3 is 0 Å². The number of imidazole rings is 1. The molecule has 4 heteroatoms. The van der Waals surface area contributed by atoms with Crippen molar-refractivity contribution in [3.05, 3.63) is 59.7 Å². The van der Waals surface area contributed by atoms with Crippen LogP contribution in [0.5, 0.6) is 0 Å². The SMILES string of the molecule is CCc1ccccc1-n1c(CCl)nc2c(F)cccc21. The van der Waals surface area contributed by atoms with Gasteiger partial charge in [0.1, 0.15) is 11.3 Å². The standard InChI is InChI=1S/C16H14ClFN2/c1-2-11-6-3-4-8-13(11)20-14-9-5-7-12(18)16(14)19-15(20)10-17/h3-9H,2,10H2,1H3. The molecule has 2 aromatic carbocycles. The lowest BCUT2D eigenvalue weighted by atomic mass is 10.1. The molecule has 3 rings (SSSR count). The van der Waals surface area contributed by atoms with Gasteiger partial charge in [0, 0.05) is 0 Å². The lowest BCUT2D eigenvalue weighted by Crippen LogP contribution is -2.02. The number of hydrogen-bond donors (Lipinski definition) is 0. The quantitative estimate of drug-likeness (QED) is 0.650. The van der Waals surface area contributed by atoms with Crippen LogP contribution < -0.4 is 0 Å². The molecule has 0 aliphatic carbocycles. The molecule has 0 fully saturated rings. The van der Waals surface area contributed by atoms with Crippen LogP contribution in [0, 0.1) is 5.82 Å². The predicted molar refractivity (Wildman–Crippen MR) is 80.0 cm³/mol. The zero-order valence-electron chi connectivity index (χ0n) is 11.1. The summed E-state index contributed by atoms with van der Waals surface area (Å²) in [5.41, 5.74) is 3.32. The summed E-state index contributed by atoms with van der Waals surface area (Å²) in [4.78, 5) is 4.34. The molecule has 1 heterocycles. The molecule has 0 aliphatic heterocycles. The number of fused-ring (bicyclic) bond motifs is 1. The highest BCUT2D eigenvalue weighted by atomic mass is 35.5. The monoisotopic (exact) mass is 288 g/mol. The maximum absolute atomic E-state index is 13.9. The van der Waals surface area contributed by atoms with Crippen molar-refractivity contribution in [2.24, 2.45) is 0 Å². The fourth-order valence-electron chi connectivity index (χ4n) is 2.50. The van der Waals surface area contributed by atoms with Crippen LogP contribution in [-0.2, 0) is 12.3 Å². The number of hydrogen-bond acceptors (Lipinski definition) is 1. The lowest BCUT2D eigenvalue weighted by molar-refractivity contribution is 0.637. The fraction of sp³-hybridized carbons (Fsp3) is 0.188. The number of nitrogens with zero attached hydrogens (tertiary/aromatic N) is 2. The minimum absolute atomic E-state index is 0.242. The van der Waals surface area contributed by atoms with Gasteiger partial charge in [-0.05, 0) is 30.2 Å². The molecular weight excluding hydrogens is 275 g/mol. The summed E-state index contributed by atoms with van der Waals surface area (Å²) in [5, 5.41) is 0. The highest BCUT2D eigenvalue weighted by Gasteiger charge is 2.15. The second kappa shape index (κ2) is 5.25. The first-order chi connectivity index (χ1) is 9.76. The van der Waals surface area contributed by atoms with Crippen molar-refractivity contribution >= 4 is 22.6 Å². The van der Waals surface area contributed by atoms with E-state index in [9.17, 15) is 4.39 Å². The summed E-state index contributed by atoms with van der Waals surface area (Å²) < 4.78 is 15.8. The lowest BCUT2D eigenvalue weighted by Gasteiger charge is -2.12. The Morgan fingerprint density at radius 3 is 2.70 bits per heavy atom. The van der Waals surface area contributed by atoms with E-state index in [0.29, 0.717) is 11.3 Å². The van der Waals surface area contributed by atoms with Gasteiger partial charge in [-0.2, -0.15) is 0 Å². The highest BCUT2D eigenvalue weighted by Crippen LogP contribution is 2.26. The zero-order chi connectivity index (χ0) is 14.1. The third-order valence-corrected chi connectivity index (χ3v) is 3.68. The Labute approximate surface area is 121 Å². The molecule has 2 nitrogen and oxygen atoms in total. The summed E-state index contributed by atoms with van der Waals surface area (Å²) in [6.07, 6.45) is 0.896. The molecule has 3 aromatic rings. The van der Waals surface area contributed by atoms with Crippen molar-refractivity contribution in [1.82, 2.24) is 9.55 Å². The van der Waals surface area contributed by atoms with Crippen molar-refractivity contribution < 1.29 is 4.39 Å². The van der Waals surface area contributed by atoms with Crippen molar-refractivity contribution in [3.63, 3.8) is 0 Å². The molecule has 0 atom stereocenters. The summed E-state index contributed by atoms with van der Waals surface area (Å²) in [5.74, 6) is 0.584. The van der Waals surface area contributed by atoms with Gasteiger partial charge in [-0.15, -0.1) is 11.6 Å². The molecule has 0 radical (unpaired) electrons. The van der Waals surface area contributed by atoms with Gasteiger partial charge in [0.05, 0.1) is 17.1 Å². The molecule has 0 unspecified atom stereocenters. The van der Waals surface area contributed by atoms with Crippen LogP contribution >= 0.6 is 11.6 Å². The molecule has 1 aromatic heterocycles. The van der Waals surface area contributed by atoms with Crippen LogP contribution in [-0.4, -0.2) is 9.55 Å². The topological polar surface area (TPSA) is 17.8 Å². The van der Waals surface area contributed by atoms with Crippen molar-refractivity contribution in [2.75, 3.05) is 0 Å². The number of aryl methyl sites for hydroxylation is 1. The minimum Gasteiger partial charge on any atom is -0.295 e. The van der Waals surface area contributed by atoms with Gasteiger partial charge in [-0.1, -0.05) is 31.2 Å². The first kappa shape index (κ1) is 13.1. The van der Waals surface area contributed by atoms with Crippen LogP contribution in [0.2, 0.25) is 0 Å². The number of rotatable bonds is 3. The van der Waals surface area contributed by atoms with E-state index >= 15 is 0 Å². The predicted octanol–water partition coefficient (Wildman–Crippen LogP) is 4.47. The number of para-hydroxylation sites is 2. The van der Waals surface area contributed by atoms with Gasteiger partial charge in [-0.25, -0.2) is 9.37 Å². The maximum Gasteiger partial charge on any atom is 0.151 e. The van der Waals surface area contributed by atoms with E-state index in [-0.39, 0.29) is 11.7 Å². The largest absolute Gasteiger partial charge is 0.295 e. The van der Waals surface area contributed by atoms with E-state index in [1.807, 2.05) is 28.8 Å². The maximum atomic E-state index is 13.9. The second-order valence-electron chi connectivity index (χ2n) is 4.59. The third-order valence-electron chi connectivity index (χ3n) is 3.44. The molecule has 0 saturated heterocycles. The summed E-state index contributed by atoms with van der Waals surface area (Å²) in [6.45, 7) is 2.10. The molecular formula is C16H14ClFN2. The average molecular weight is 289 g/mol.